The third kappa shape index (κ3) is 3.19. The van der Waals surface area contributed by atoms with Gasteiger partial charge in [-0.05, 0) is 43.6 Å². The molecule has 5 nitrogen and oxygen atoms in total. The summed E-state index contributed by atoms with van der Waals surface area (Å²) in [6.45, 7) is 10.1. The highest BCUT2D eigenvalue weighted by Crippen LogP contribution is 2.42. The van der Waals surface area contributed by atoms with E-state index in [1.165, 1.54) is 33.5 Å². The van der Waals surface area contributed by atoms with Crippen molar-refractivity contribution >= 4 is 33.3 Å². The van der Waals surface area contributed by atoms with Crippen LogP contribution in [-0.4, -0.2) is 47.0 Å². The minimum absolute atomic E-state index is 0.315. The van der Waals surface area contributed by atoms with Crippen molar-refractivity contribution < 1.29 is 4.79 Å². The van der Waals surface area contributed by atoms with E-state index in [4.69, 9.17) is 9.97 Å². The van der Waals surface area contributed by atoms with E-state index in [1.54, 1.807) is 0 Å². The molecule has 3 aliphatic rings. The summed E-state index contributed by atoms with van der Waals surface area (Å²) in [5.41, 5.74) is 1.50. The molecule has 1 amide bonds. The summed E-state index contributed by atoms with van der Waals surface area (Å²) in [5, 5.41) is 1.30. The van der Waals surface area contributed by atoms with E-state index < -0.39 is 0 Å². The normalized spacial score (nSPS) is 22.8. The summed E-state index contributed by atoms with van der Waals surface area (Å²) >= 11 is 1.89. The van der Waals surface area contributed by atoms with Gasteiger partial charge in [0.2, 0.25) is 5.91 Å². The molecule has 0 bridgehead atoms. The number of nitrogens with zero attached hydrogens (tertiary/aromatic N) is 4. The average molecular weight is 399 g/mol. The second kappa shape index (κ2) is 6.97. The molecule has 1 saturated carbocycles. The van der Waals surface area contributed by atoms with Crippen LogP contribution in [0.4, 0.5) is 5.82 Å². The van der Waals surface area contributed by atoms with Crippen LogP contribution in [-0.2, 0) is 17.6 Å². The fourth-order valence-corrected chi connectivity index (χ4v) is 5.94. The van der Waals surface area contributed by atoms with Crippen LogP contribution in [0, 0.1) is 11.8 Å². The van der Waals surface area contributed by atoms with Gasteiger partial charge in [-0.15, -0.1) is 11.3 Å². The fourth-order valence-electron chi connectivity index (χ4n) is 4.55. The van der Waals surface area contributed by atoms with Crippen molar-refractivity contribution in [3.63, 3.8) is 0 Å². The smallest absolute Gasteiger partial charge is 0.225 e. The Morgan fingerprint density at radius 2 is 1.86 bits per heavy atom. The Morgan fingerprint density at radius 3 is 2.54 bits per heavy atom. The van der Waals surface area contributed by atoms with Gasteiger partial charge in [-0.25, -0.2) is 9.97 Å². The minimum Gasteiger partial charge on any atom is -0.352 e. The number of anilines is 1. The molecule has 5 rings (SSSR count). The van der Waals surface area contributed by atoms with E-state index in [1.807, 2.05) is 11.3 Å². The van der Waals surface area contributed by atoms with E-state index >= 15 is 0 Å². The van der Waals surface area contributed by atoms with E-state index in [9.17, 15) is 4.79 Å². The number of piperazine rings is 1. The highest BCUT2D eigenvalue weighted by molar-refractivity contribution is 7.19. The number of carbonyl (C=O) groups is 1. The van der Waals surface area contributed by atoms with Gasteiger partial charge >= 0.3 is 0 Å². The van der Waals surface area contributed by atoms with Crippen LogP contribution in [0.25, 0.3) is 10.2 Å². The first-order valence-electron chi connectivity index (χ1n) is 10.9. The van der Waals surface area contributed by atoms with Gasteiger partial charge in [0.1, 0.15) is 16.5 Å². The van der Waals surface area contributed by atoms with Crippen LogP contribution in [0.15, 0.2) is 0 Å². The molecule has 150 valence electrons. The summed E-state index contributed by atoms with van der Waals surface area (Å²) in [6.07, 6.45) is 5.75. The zero-order chi connectivity index (χ0) is 19.4. The third-order valence-electron chi connectivity index (χ3n) is 6.49. The molecule has 0 N–H and O–H groups in total. The number of hydrogen-bond acceptors (Lipinski definition) is 5. The van der Waals surface area contributed by atoms with Gasteiger partial charge in [-0.1, -0.05) is 20.8 Å². The first-order chi connectivity index (χ1) is 13.5. The molecular formula is C22H30N4OS. The van der Waals surface area contributed by atoms with Gasteiger partial charge in [0.05, 0.1) is 5.39 Å². The minimum atomic E-state index is 0.315. The first kappa shape index (κ1) is 18.3. The summed E-state index contributed by atoms with van der Waals surface area (Å²) < 4.78 is 0. The molecule has 3 heterocycles. The number of rotatable bonds is 3. The standard InChI is InChI=1S/C22H30N4OS/c1-13(2)19-23-20(25-8-10-26(11-9-25)22(27)15-5-6-15)18-16-7-4-14(3)12-17(16)28-21(18)24-19/h13-15H,4-12H2,1-3H3/t14-/m1/s1. The molecule has 2 fully saturated rings. The van der Waals surface area contributed by atoms with Crippen molar-refractivity contribution in [2.75, 3.05) is 31.1 Å². The zero-order valence-corrected chi connectivity index (χ0v) is 18.0. The lowest BCUT2D eigenvalue weighted by Gasteiger charge is -2.36. The Bertz CT molecular complexity index is 909. The summed E-state index contributed by atoms with van der Waals surface area (Å²) in [7, 11) is 0. The molecule has 0 aromatic carbocycles. The fraction of sp³-hybridized carbons (Fsp3) is 0.682. The lowest BCUT2D eigenvalue weighted by atomic mass is 9.89. The lowest BCUT2D eigenvalue weighted by Crippen LogP contribution is -2.49. The maximum atomic E-state index is 12.4. The first-order valence-corrected chi connectivity index (χ1v) is 11.7. The Morgan fingerprint density at radius 1 is 1.11 bits per heavy atom. The molecule has 28 heavy (non-hydrogen) atoms. The molecule has 1 aliphatic heterocycles. The molecule has 6 heteroatoms. The Balaban J connectivity index is 1.50. The average Bonchev–Trinajstić information content (AvgIpc) is 3.47. The number of aryl methyl sites for hydroxylation is 1. The van der Waals surface area contributed by atoms with Crippen molar-refractivity contribution in [2.24, 2.45) is 11.8 Å². The van der Waals surface area contributed by atoms with E-state index in [2.05, 4.69) is 30.6 Å². The Hall–Kier alpha value is -1.69. The molecule has 0 spiro atoms. The summed E-state index contributed by atoms with van der Waals surface area (Å²) in [6, 6.07) is 0. The second-order valence-electron chi connectivity index (χ2n) is 9.18. The van der Waals surface area contributed by atoms with Crippen LogP contribution < -0.4 is 4.90 Å². The Kier molecular flexibility index (Phi) is 4.57. The largest absolute Gasteiger partial charge is 0.352 e. The van der Waals surface area contributed by atoms with Crippen molar-refractivity contribution in [1.82, 2.24) is 14.9 Å². The summed E-state index contributed by atoms with van der Waals surface area (Å²) in [5.74, 6) is 3.84. The molecule has 2 aromatic heterocycles. The molecule has 0 radical (unpaired) electrons. The highest BCUT2D eigenvalue weighted by atomic mass is 32.1. The highest BCUT2D eigenvalue weighted by Gasteiger charge is 2.35. The van der Waals surface area contributed by atoms with E-state index in [-0.39, 0.29) is 0 Å². The molecule has 1 saturated heterocycles. The van der Waals surface area contributed by atoms with Gasteiger partial charge in [0.15, 0.2) is 0 Å². The number of hydrogen-bond donors (Lipinski definition) is 0. The van der Waals surface area contributed by atoms with E-state index in [0.717, 1.165) is 63.0 Å². The van der Waals surface area contributed by atoms with Crippen molar-refractivity contribution in [3.8, 4) is 0 Å². The molecular weight excluding hydrogens is 368 g/mol. The van der Waals surface area contributed by atoms with Gasteiger partial charge in [-0.2, -0.15) is 0 Å². The van der Waals surface area contributed by atoms with Crippen LogP contribution in [0.5, 0.6) is 0 Å². The second-order valence-corrected chi connectivity index (χ2v) is 10.3. The van der Waals surface area contributed by atoms with Gasteiger partial charge in [0, 0.05) is 42.9 Å². The monoisotopic (exact) mass is 398 g/mol. The number of carbonyl (C=O) groups excluding carboxylic acids is 1. The number of fused-ring (bicyclic) bond motifs is 3. The zero-order valence-electron chi connectivity index (χ0n) is 17.2. The Labute approximate surface area is 171 Å². The molecule has 0 unspecified atom stereocenters. The van der Waals surface area contributed by atoms with Crippen LogP contribution in [0.2, 0.25) is 0 Å². The number of thiophene rings is 1. The topological polar surface area (TPSA) is 49.3 Å². The molecule has 1 atom stereocenters. The van der Waals surface area contributed by atoms with Gasteiger partial charge < -0.3 is 9.80 Å². The maximum absolute atomic E-state index is 12.4. The van der Waals surface area contributed by atoms with Crippen molar-refractivity contribution in [2.45, 2.75) is 58.8 Å². The predicted octanol–water partition coefficient (Wildman–Crippen LogP) is 4.00. The van der Waals surface area contributed by atoms with Gasteiger partial charge in [0.25, 0.3) is 0 Å². The van der Waals surface area contributed by atoms with Crippen LogP contribution in [0.1, 0.15) is 62.2 Å². The van der Waals surface area contributed by atoms with Crippen molar-refractivity contribution in [3.05, 3.63) is 16.3 Å². The van der Waals surface area contributed by atoms with Crippen molar-refractivity contribution in [1.29, 1.82) is 0 Å². The third-order valence-corrected chi connectivity index (χ3v) is 7.64. The predicted molar refractivity (Wildman–Crippen MR) is 114 cm³/mol. The lowest BCUT2D eigenvalue weighted by molar-refractivity contribution is -0.132. The number of aromatic nitrogens is 2. The van der Waals surface area contributed by atoms with Crippen LogP contribution in [0.3, 0.4) is 0 Å². The number of amides is 1. The molecule has 2 aromatic rings. The summed E-state index contributed by atoms with van der Waals surface area (Å²) in [4.78, 5) is 29.6. The van der Waals surface area contributed by atoms with Crippen LogP contribution >= 0.6 is 11.3 Å². The maximum Gasteiger partial charge on any atom is 0.225 e. The quantitative estimate of drug-likeness (QED) is 0.784. The molecule has 2 aliphatic carbocycles. The van der Waals surface area contributed by atoms with Gasteiger partial charge in [-0.3, -0.25) is 4.79 Å². The SMILES string of the molecule is CC(C)c1nc(N2CCN(C(=O)C3CC3)CC2)c2c3c(sc2n1)C[C@H](C)CC3. The van der Waals surface area contributed by atoms with E-state index in [0.29, 0.717) is 17.7 Å².